The summed E-state index contributed by atoms with van der Waals surface area (Å²) < 4.78 is 21.6. The second-order valence-electron chi connectivity index (χ2n) is 8.32. The molecule has 0 saturated carbocycles. The van der Waals surface area contributed by atoms with E-state index < -0.39 is 5.41 Å². The number of fused-ring (bicyclic) bond motifs is 1. The van der Waals surface area contributed by atoms with Crippen LogP contribution >= 0.6 is 0 Å². The SMILES string of the molecule is CC(NC(=O)C1(c2cccc(F)c2)CCOCC1)c1nc2ccccc2n1C(C)C. The van der Waals surface area contributed by atoms with Gasteiger partial charge in [-0.15, -0.1) is 0 Å². The van der Waals surface area contributed by atoms with Gasteiger partial charge in [0, 0.05) is 19.3 Å². The van der Waals surface area contributed by atoms with Gasteiger partial charge in [-0.2, -0.15) is 0 Å². The van der Waals surface area contributed by atoms with Crippen LogP contribution in [0.25, 0.3) is 11.0 Å². The van der Waals surface area contributed by atoms with Crippen LogP contribution in [0, 0.1) is 5.82 Å². The molecule has 1 saturated heterocycles. The smallest absolute Gasteiger partial charge is 0.231 e. The first-order valence-electron chi connectivity index (χ1n) is 10.5. The molecule has 1 amide bonds. The fourth-order valence-electron chi connectivity index (χ4n) is 4.46. The molecule has 5 nitrogen and oxygen atoms in total. The quantitative estimate of drug-likeness (QED) is 0.666. The maximum absolute atomic E-state index is 14.0. The maximum atomic E-state index is 14.0. The number of ether oxygens (including phenoxy) is 1. The number of halogens is 1. The van der Waals surface area contributed by atoms with Gasteiger partial charge in [-0.1, -0.05) is 24.3 Å². The lowest BCUT2D eigenvalue weighted by atomic mass is 9.73. The van der Waals surface area contributed by atoms with Gasteiger partial charge in [-0.3, -0.25) is 4.79 Å². The molecule has 1 atom stereocenters. The third kappa shape index (κ3) is 3.60. The monoisotopic (exact) mass is 409 g/mol. The second kappa shape index (κ2) is 8.19. The van der Waals surface area contributed by atoms with Crippen molar-refractivity contribution in [3.63, 3.8) is 0 Å². The highest BCUT2D eigenvalue weighted by Gasteiger charge is 2.42. The van der Waals surface area contributed by atoms with Crippen LogP contribution in [0.1, 0.15) is 57.1 Å². The Morgan fingerprint density at radius 1 is 1.13 bits per heavy atom. The zero-order valence-corrected chi connectivity index (χ0v) is 17.7. The zero-order valence-electron chi connectivity index (χ0n) is 17.7. The number of para-hydroxylation sites is 2. The number of benzene rings is 2. The maximum Gasteiger partial charge on any atom is 0.231 e. The van der Waals surface area contributed by atoms with Crippen LogP contribution in [0.3, 0.4) is 0 Å². The molecular weight excluding hydrogens is 381 g/mol. The van der Waals surface area contributed by atoms with E-state index in [1.54, 1.807) is 6.07 Å². The summed E-state index contributed by atoms with van der Waals surface area (Å²) in [4.78, 5) is 18.4. The van der Waals surface area contributed by atoms with Crippen molar-refractivity contribution in [2.75, 3.05) is 13.2 Å². The molecule has 2 aromatic carbocycles. The first-order valence-corrected chi connectivity index (χ1v) is 10.5. The van der Waals surface area contributed by atoms with E-state index >= 15 is 0 Å². The predicted octanol–water partition coefficient (Wildman–Crippen LogP) is 4.68. The summed E-state index contributed by atoms with van der Waals surface area (Å²) in [5, 5.41) is 3.18. The Bertz CT molecular complexity index is 1050. The molecule has 1 aromatic heterocycles. The van der Waals surface area contributed by atoms with Gasteiger partial charge in [-0.05, 0) is 63.4 Å². The van der Waals surface area contributed by atoms with E-state index in [0.29, 0.717) is 31.6 Å². The number of rotatable bonds is 5. The standard InChI is InChI=1S/C24H28FN3O2/c1-16(2)28-21-10-5-4-9-20(21)27-22(28)17(3)26-23(29)24(11-13-30-14-12-24)18-7-6-8-19(25)15-18/h4-10,15-17H,11-14H2,1-3H3,(H,26,29). The fourth-order valence-corrected chi connectivity index (χ4v) is 4.46. The van der Waals surface area contributed by atoms with E-state index in [1.165, 1.54) is 12.1 Å². The lowest BCUT2D eigenvalue weighted by Crippen LogP contribution is -2.49. The Morgan fingerprint density at radius 2 is 1.87 bits per heavy atom. The number of nitrogens with one attached hydrogen (secondary N) is 1. The lowest BCUT2D eigenvalue weighted by Gasteiger charge is -2.37. The number of amides is 1. The molecule has 2 heterocycles. The molecule has 0 bridgehead atoms. The second-order valence-corrected chi connectivity index (χ2v) is 8.32. The van der Waals surface area contributed by atoms with Crippen molar-refractivity contribution in [3.05, 3.63) is 65.7 Å². The number of carbonyl (C=O) groups excluding carboxylic acids is 1. The molecule has 1 N–H and O–H groups in total. The Morgan fingerprint density at radius 3 is 2.57 bits per heavy atom. The van der Waals surface area contributed by atoms with Crippen molar-refractivity contribution in [2.45, 2.75) is 51.1 Å². The number of hydrogen-bond acceptors (Lipinski definition) is 3. The van der Waals surface area contributed by atoms with Gasteiger partial charge >= 0.3 is 0 Å². The van der Waals surface area contributed by atoms with Gasteiger partial charge in [0.15, 0.2) is 0 Å². The summed E-state index contributed by atoms with van der Waals surface area (Å²) in [6, 6.07) is 14.3. The first kappa shape index (κ1) is 20.5. The largest absolute Gasteiger partial charge is 0.381 e. The summed E-state index contributed by atoms with van der Waals surface area (Å²) in [7, 11) is 0. The average molecular weight is 410 g/mol. The van der Waals surface area contributed by atoms with Crippen LogP contribution < -0.4 is 5.32 Å². The summed E-state index contributed by atoms with van der Waals surface area (Å²) >= 11 is 0. The van der Waals surface area contributed by atoms with E-state index in [9.17, 15) is 9.18 Å². The Labute approximate surface area is 176 Å². The van der Waals surface area contributed by atoms with Gasteiger partial charge in [-0.25, -0.2) is 9.37 Å². The minimum atomic E-state index is -0.802. The third-order valence-electron chi connectivity index (χ3n) is 6.03. The number of hydrogen-bond donors (Lipinski definition) is 1. The molecule has 158 valence electrons. The minimum Gasteiger partial charge on any atom is -0.381 e. The van der Waals surface area contributed by atoms with Crippen LogP contribution in [-0.4, -0.2) is 28.7 Å². The van der Waals surface area contributed by atoms with Crippen LogP contribution in [0.2, 0.25) is 0 Å². The molecule has 0 radical (unpaired) electrons. The van der Waals surface area contributed by atoms with Gasteiger partial charge in [0.25, 0.3) is 0 Å². The molecule has 6 heteroatoms. The molecule has 0 spiro atoms. The predicted molar refractivity (Wildman–Crippen MR) is 115 cm³/mol. The molecule has 0 aliphatic carbocycles. The molecule has 1 aliphatic rings. The highest BCUT2D eigenvalue weighted by molar-refractivity contribution is 5.88. The van der Waals surface area contributed by atoms with Crippen molar-refractivity contribution in [1.29, 1.82) is 0 Å². The lowest BCUT2D eigenvalue weighted by molar-refractivity contribution is -0.131. The zero-order chi connectivity index (χ0) is 21.3. The topological polar surface area (TPSA) is 56.1 Å². The van der Waals surface area contributed by atoms with E-state index in [0.717, 1.165) is 16.9 Å². The molecule has 1 aliphatic heterocycles. The Kier molecular flexibility index (Phi) is 5.60. The van der Waals surface area contributed by atoms with Gasteiger partial charge in [0.05, 0.1) is 22.5 Å². The van der Waals surface area contributed by atoms with Crippen molar-refractivity contribution in [1.82, 2.24) is 14.9 Å². The number of carbonyl (C=O) groups is 1. The number of imidazole rings is 1. The van der Waals surface area contributed by atoms with E-state index in [1.807, 2.05) is 37.3 Å². The molecule has 30 heavy (non-hydrogen) atoms. The Balaban J connectivity index is 1.68. The summed E-state index contributed by atoms with van der Waals surface area (Å²) in [6.07, 6.45) is 1.05. The van der Waals surface area contributed by atoms with Gasteiger partial charge in [0.1, 0.15) is 11.6 Å². The third-order valence-corrected chi connectivity index (χ3v) is 6.03. The average Bonchev–Trinajstić information content (AvgIpc) is 3.14. The first-order chi connectivity index (χ1) is 14.4. The molecule has 3 aromatic rings. The molecule has 4 rings (SSSR count). The van der Waals surface area contributed by atoms with E-state index in [-0.39, 0.29) is 23.8 Å². The Hall–Kier alpha value is -2.73. The van der Waals surface area contributed by atoms with Crippen molar-refractivity contribution >= 4 is 16.9 Å². The van der Waals surface area contributed by atoms with Crippen LogP contribution in [-0.2, 0) is 14.9 Å². The normalized spacial score (nSPS) is 17.2. The minimum absolute atomic E-state index is 0.105. The van der Waals surface area contributed by atoms with Gasteiger partial charge < -0.3 is 14.6 Å². The van der Waals surface area contributed by atoms with Crippen molar-refractivity contribution in [3.8, 4) is 0 Å². The fraction of sp³-hybridized carbons (Fsp3) is 0.417. The molecule has 1 fully saturated rings. The summed E-state index contributed by atoms with van der Waals surface area (Å²) in [5.74, 6) is 0.382. The highest BCUT2D eigenvalue weighted by Crippen LogP contribution is 2.36. The van der Waals surface area contributed by atoms with Crippen LogP contribution in [0.15, 0.2) is 48.5 Å². The number of nitrogens with zero attached hydrogens (tertiary/aromatic N) is 2. The number of aromatic nitrogens is 2. The van der Waals surface area contributed by atoms with Crippen molar-refractivity contribution in [2.24, 2.45) is 0 Å². The van der Waals surface area contributed by atoms with E-state index in [4.69, 9.17) is 9.72 Å². The summed E-state index contributed by atoms with van der Waals surface area (Å²) in [6.45, 7) is 7.12. The molecular formula is C24H28FN3O2. The van der Waals surface area contributed by atoms with Crippen LogP contribution in [0.4, 0.5) is 4.39 Å². The summed E-state index contributed by atoms with van der Waals surface area (Å²) in [5.41, 5.74) is 1.86. The van der Waals surface area contributed by atoms with E-state index in [2.05, 4.69) is 23.7 Å². The van der Waals surface area contributed by atoms with Crippen molar-refractivity contribution < 1.29 is 13.9 Å². The highest BCUT2D eigenvalue weighted by atomic mass is 19.1. The van der Waals surface area contributed by atoms with Crippen LogP contribution in [0.5, 0.6) is 0 Å². The van der Waals surface area contributed by atoms with Gasteiger partial charge in [0.2, 0.25) is 5.91 Å². The molecule has 1 unspecified atom stereocenters.